The summed E-state index contributed by atoms with van der Waals surface area (Å²) >= 11 is 0. The summed E-state index contributed by atoms with van der Waals surface area (Å²) < 4.78 is 0. The van der Waals surface area contributed by atoms with Crippen LogP contribution in [-0.4, -0.2) is 15.3 Å². The van der Waals surface area contributed by atoms with Crippen molar-refractivity contribution in [2.45, 2.75) is 12.8 Å². The monoisotopic (exact) mass is 149 g/mol. The Morgan fingerprint density at radius 2 is 2.27 bits per heavy atom. The molecule has 0 saturated heterocycles. The Bertz CT molecular complexity index is 275. The molecule has 56 valence electrons. The van der Waals surface area contributed by atoms with Crippen LogP contribution in [0.4, 0.5) is 0 Å². The quantitative estimate of drug-likeness (QED) is 0.641. The fourth-order valence-corrected chi connectivity index (χ4v) is 0.633. The molecule has 1 atom stereocenters. The molecule has 0 aliphatic rings. The zero-order valence-corrected chi connectivity index (χ0v) is 6.02. The Labute approximate surface area is 64.1 Å². The van der Waals surface area contributed by atoms with E-state index in [1.807, 2.05) is 6.07 Å². The number of rotatable bonds is 1. The Hall–Kier alpha value is -1.63. The summed E-state index contributed by atoms with van der Waals surface area (Å²) in [4.78, 5) is 0. The van der Waals surface area contributed by atoms with Crippen molar-refractivity contribution in [2.75, 3.05) is 0 Å². The van der Waals surface area contributed by atoms with Gasteiger partial charge in [-0.05, 0) is 13.0 Å². The van der Waals surface area contributed by atoms with Gasteiger partial charge in [-0.25, -0.2) is 0 Å². The van der Waals surface area contributed by atoms with Gasteiger partial charge in [-0.3, -0.25) is 0 Å². The lowest BCUT2D eigenvalue weighted by Crippen LogP contribution is -1.95. The van der Waals surface area contributed by atoms with Crippen LogP contribution in [0.1, 0.15) is 18.5 Å². The molecule has 0 aliphatic heterocycles. The Kier molecular flexibility index (Phi) is 2.02. The number of nitriles is 1. The maximum Gasteiger partial charge on any atom is 0.230 e. The fraction of sp³-hybridized carbons (Fsp3) is 0.286. The third-order valence-electron chi connectivity index (χ3n) is 1.31. The van der Waals surface area contributed by atoms with Crippen LogP contribution in [0.5, 0.6) is 5.88 Å². The van der Waals surface area contributed by atoms with E-state index in [2.05, 4.69) is 10.2 Å². The summed E-state index contributed by atoms with van der Waals surface area (Å²) in [5, 5.41) is 24.3. The summed E-state index contributed by atoms with van der Waals surface area (Å²) in [6, 6.07) is 5.01. The molecule has 11 heavy (non-hydrogen) atoms. The molecule has 0 saturated carbocycles. The van der Waals surface area contributed by atoms with E-state index in [4.69, 9.17) is 10.4 Å². The van der Waals surface area contributed by atoms with Gasteiger partial charge in [0.1, 0.15) is 0 Å². The molecule has 0 aliphatic carbocycles. The molecular formula is C7H7N3O. The summed E-state index contributed by atoms with van der Waals surface area (Å²) in [6.45, 7) is 1.72. The second-order valence-corrected chi connectivity index (χ2v) is 2.17. The van der Waals surface area contributed by atoms with E-state index in [0.717, 1.165) is 0 Å². The van der Waals surface area contributed by atoms with Crippen LogP contribution in [0.3, 0.4) is 0 Å². The van der Waals surface area contributed by atoms with Gasteiger partial charge in [0.25, 0.3) is 0 Å². The van der Waals surface area contributed by atoms with Crippen LogP contribution >= 0.6 is 0 Å². The van der Waals surface area contributed by atoms with Crippen molar-refractivity contribution in [2.24, 2.45) is 0 Å². The van der Waals surface area contributed by atoms with Crippen molar-refractivity contribution in [3.63, 3.8) is 0 Å². The Morgan fingerprint density at radius 3 is 2.73 bits per heavy atom. The predicted molar refractivity (Wildman–Crippen MR) is 37.7 cm³/mol. The standard InChI is InChI=1S/C7H7N3O/c1-5(4-8)6-2-3-7(11)10-9-6/h2-3,5H,1H3,(H,10,11). The van der Waals surface area contributed by atoms with Gasteiger partial charge in [0.15, 0.2) is 0 Å². The van der Waals surface area contributed by atoms with Gasteiger partial charge in [0.05, 0.1) is 17.7 Å². The maximum atomic E-state index is 8.75. The topological polar surface area (TPSA) is 69.8 Å². The normalized spacial score (nSPS) is 12.0. The zero-order valence-electron chi connectivity index (χ0n) is 6.02. The highest BCUT2D eigenvalue weighted by Crippen LogP contribution is 2.11. The average Bonchev–Trinajstić information content (AvgIpc) is 2.05. The predicted octanol–water partition coefficient (Wildman–Crippen LogP) is 0.809. The fourth-order valence-electron chi connectivity index (χ4n) is 0.633. The van der Waals surface area contributed by atoms with Gasteiger partial charge in [0.2, 0.25) is 5.88 Å². The summed E-state index contributed by atoms with van der Waals surface area (Å²) in [6.07, 6.45) is 0. The molecule has 1 aromatic rings. The third-order valence-corrected chi connectivity index (χ3v) is 1.31. The number of nitrogens with zero attached hydrogens (tertiary/aromatic N) is 3. The molecule has 0 spiro atoms. The molecule has 0 amide bonds. The minimum Gasteiger partial charge on any atom is -0.492 e. The van der Waals surface area contributed by atoms with Crippen LogP contribution in [0.15, 0.2) is 12.1 Å². The number of aromatic hydroxyl groups is 1. The van der Waals surface area contributed by atoms with Crippen molar-refractivity contribution < 1.29 is 5.11 Å². The minimum absolute atomic E-state index is 0.126. The molecule has 0 fully saturated rings. The third kappa shape index (κ3) is 1.64. The molecule has 4 nitrogen and oxygen atoms in total. The molecule has 4 heteroatoms. The van der Waals surface area contributed by atoms with Crippen molar-refractivity contribution in [3.05, 3.63) is 17.8 Å². The van der Waals surface area contributed by atoms with E-state index in [1.165, 1.54) is 6.07 Å². The number of aromatic nitrogens is 2. The Balaban J connectivity index is 2.92. The molecule has 1 unspecified atom stereocenters. The maximum absolute atomic E-state index is 8.75. The van der Waals surface area contributed by atoms with Gasteiger partial charge in [0, 0.05) is 6.07 Å². The van der Waals surface area contributed by atoms with Crippen molar-refractivity contribution in [1.82, 2.24) is 10.2 Å². The van der Waals surface area contributed by atoms with Crippen LogP contribution in [0.2, 0.25) is 0 Å². The summed E-state index contributed by atoms with van der Waals surface area (Å²) in [5.41, 5.74) is 0.574. The minimum atomic E-state index is -0.275. The van der Waals surface area contributed by atoms with Crippen molar-refractivity contribution in [1.29, 1.82) is 5.26 Å². The highest BCUT2D eigenvalue weighted by molar-refractivity contribution is 5.17. The van der Waals surface area contributed by atoms with Crippen molar-refractivity contribution in [3.8, 4) is 11.9 Å². The molecule has 1 N–H and O–H groups in total. The second kappa shape index (κ2) is 2.97. The van der Waals surface area contributed by atoms with Gasteiger partial charge < -0.3 is 5.11 Å². The first-order valence-electron chi connectivity index (χ1n) is 3.16. The lowest BCUT2D eigenvalue weighted by Gasteiger charge is -1.98. The van der Waals surface area contributed by atoms with E-state index >= 15 is 0 Å². The smallest absolute Gasteiger partial charge is 0.230 e. The molecule has 0 aromatic carbocycles. The lowest BCUT2D eigenvalue weighted by atomic mass is 10.1. The van der Waals surface area contributed by atoms with Gasteiger partial charge in [-0.1, -0.05) is 0 Å². The first-order chi connectivity index (χ1) is 5.24. The van der Waals surface area contributed by atoms with E-state index in [-0.39, 0.29) is 11.8 Å². The molecular weight excluding hydrogens is 142 g/mol. The number of hydrogen-bond acceptors (Lipinski definition) is 4. The first-order valence-corrected chi connectivity index (χ1v) is 3.16. The van der Waals surface area contributed by atoms with E-state index in [0.29, 0.717) is 5.69 Å². The summed E-state index contributed by atoms with van der Waals surface area (Å²) in [7, 11) is 0. The lowest BCUT2D eigenvalue weighted by molar-refractivity contribution is 0.443. The average molecular weight is 149 g/mol. The molecule has 1 aromatic heterocycles. The summed E-state index contributed by atoms with van der Waals surface area (Å²) in [5.74, 6) is -0.401. The van der Waals surface area contributed by atoms with Crippen LogP contribution in [-0.2, 0) is 0 Å². The molecule has 1 rings (SSSR count). The number of hydrogen-bond donors (Lipinski definition) is 1. The van der Waals surface area contributed by atoms with Crippen molar-refractivity contribution >= 4 is 0 Å². The highest BCUT2D eigenvalue weighted by Gasteiger charge is 2.04. The highest BCUT2D eigenvalue weighted by atomic mass is 16.3. The largest absolute Gasteiger partial charge is 0.492 e. The molecule has 1 heterocycles. The second-order valence-electron chi connectivity index (χ2n) is 2.17. The van der Waals surface area contributed by atoms with Crippen LogP contribution in [0.25, 0.3) is 0 Å². The van der Waals surface area contributed by atoms with E-state index < -0.39 is 0 Å². The van der Waals surface area contributed by atoms with Crippen LogP contribution < -0.4 is 0 Å². The Morgan fingerprint density at radius 1 is 1.55 bits per heavy atom. The van der Waals surface area contributed by atoms with Crippen LogP contribution in [0, 0.1) is 11.3 Å². The SMILES string of the molecule is CC(C#N)c1ccc(O)nn1. The van der Waals surface area contributed by atoms with Gasteiger partial charge in [-0.2, -0.15) is 10.4 Å². The van der Waals surface area contributed by atoms with Gasteiger partial charge >= 0.3 is 0 Å². The first kappa shape index (κ1) is 7.48. The molecule has 0 bridgehead atoms. The zero-order chi connectivity index (χ0) is 8.27. The molecule has 0 radical (unpaired) electrons. The van der Waals surface area contributed by atoms with Gasteiger partial charge in [-0.15, -0.1) is 5.10 Å². The van der Waals surface area contributed by atoms with E-state index in [1.54, 1.807) is 13.0 Å². The van der Waals surface area contributed by atoms with E-state index in [9.17, 15) is 0 Å².